The van der Waals surface area contributed by atoms with Gasteiger partial charge in [-0.2, -0.15) is 0 Å². The summed E-state index contributed by atoms with van der Waals surface area (Å²) in [7, 11) is 1.57. The van der Waals surface area contributed by atoms with E-state index < -0.39 is 11.8 Å². The minimum absolute atomic E-state index is 0.142. The quantitative estimate of drug-likeness (QED) is 0.263. The predicted octanol–water partition coefficient (Wildman–Crippen LogP) is 6.28. The maximum atomic E-state index is 15.5. The van der Waals surface area contributed by atoms with Crippen molar-refractivity contribution in [1.29, 1.82) is 0 Å². The monoisotopic (exact) mass is 525 g/mol. The second-order valence-electron chi connectivity index (χ2n) is 8.87. The molecule has 2 N–H and O–H groups in total. The number of ether oxygens (including phenoxy) is 2. The van der Waals surface area contributed by atoms with Crippen LogP contribution < -0.4 is 14.8 Å². The number of carboxylic acid groups (broad SMARTS) is 1. The summed E-state index contributed by atoms with van der Waals surface area (Å²) in [6.45, 7) is 2.40. The summed E-state index contributed by atoms with van der Waals surface area (Å²) >= 11 is 6.25. The maximum absolute atomic E-state index is 15.5. The highest BCUT2D eigenvalue weighted by Crippen LogP contribution is 2.37. The van der Waals surface area contributed by atoms with Crippen LogP contribution in [-0.4, -0.2) is 40.8 Å². The minimum Gasteiger partial charge on any atom is -0.493 e. The average Bonchev–Trinajstić information content (AvgIpc) is 3.16. The maximum Gasteiger partial charge on any atom is 0.339 e. The van der Waals surface area contributed by atoms with Gasteiger partial charge in [-0.05, 0) is 50.8 Å². The smallest absolute Gasteiger partial charge is 0.339 e. The average molecular weight is 526 g/mol. The number of halogens is 2. The number of aryl methyl sites for hydroxylation is 1. The molecule has 37 heavy (non-hydrogen) atoms. The minimum atomic E-state index is -1.24. The number of hydrogen-bond donors (Lipinski definition) is 2. The second kappa shape index (κ2) is 10.3. The highest BCUT2D eigenvalue weighted by atomic mass is 35.5. The van der Waals surface area contributed by atoms with Gasteiger partial charge in [-0.1, -0.05) is 11.6 Å². The van der Waals surface area contributed by atoms with Crippen molar-refractivity contribution in [3.8, 4) is 22.8 Å². The molecule has 1 saturated carbocycles. The Morgan fingerprint density at radius 3 is 2.78 bits per heavy atom. The van der Waals surface area contributed by atoms with E-state index in [1.165, 1.54) is 18.5 Å². The molecule has 0 radical (unpaired) electrons. The molecule has 0 unspecified atom stereocenters. The Balaban J connectivity index is 1.36. The Bertz CT molecular complexity index is 1480. The van der Waals surface area contributed by atoms with Crippen LogP contribution in [0.3, 0.4) is 0 Å². The van der Waals surface area contributed by atoms with E-state index in [-0.39, 0.29) is 23.0 Å². The van der Waals surface area contributed by atoms with Gasteiger partial charge in [-0.3, -0.25) is 0 Å². The number of aromatic nitrogens is 2. The number of aromatic carboxylic acids is 1. The van der Waals surface area contributed by atoms with Crippen molar-refractivity contribution >= 4 is 34.4 Å². The van der Waals surface area contributed by atoms with E-state index in [9.17, 15) is 9.90 Å². The molecule has 1 aliphatic rings. The molecule has 2 aromatic carbocycles. The third kappa shape index (κ3) is 4.91. The van der Waals surface area contributed by atoms with Crippen molar-refractivity contribution < 1.29 is 28.2 Å². The molecule has 0 saturated heterocycles. The molecule has 0 atom stereocenters. The van der Waals surface area contributed by atoms with Gasteiger partial charge in [0.25, 0.3) is 0 Å². The number of nitrogens with zero attached hydrogens (tertiary/aromatic N) is 2. The van der Waals surface area contributed by atoms with Crippen molar-refractivity contribution in [2.24, 2.45) is 0 Å². The molecule has 1 aliphatic carbocycles. The van der Waals surface area contributed by atoms with Crippen LogP contribution in [0.1, 0.15) is 40.9 Å². The van der Waals surface area contributed by atoms with Gasteiger partial charge in [-0.25, -0.2) is 19.2 Å². The van der Waals surface area contributed by atoms with Gasteiger partial charge in [0.05, 0.1) is 18.9 Å². The van der Waals surface area contributed by atoms with E-state index in [0.717, 1.165) is 36.0 Å². The summed E-state index contributed by atoms with van der Waals surface area (Å²) in [6, 6.07) is 7.92. The van der Waals surface area contributed by atoms with Gasteiger partial charge in [-0.15, -0.1) is 0 Å². The van der Waals surface area contributed by atoms with Gasteiger partial charge >= 0.3 is 5.97 Å². The normalized spacial score (nSPS) is 13.4. The first-order chi connectivity index (χ1) is 17.9. The Morgan fingerprint density at radius 1 is 1.27 bits per heavy atom. The molecule has 192 valence electrons. The molecule has 1 fully saturated rings. The van der Waals surface area contributed by atoms with Crippen molar-refractivity contribution in [1.82, 2.24) is 9.97 Å². The number of benzene rings is 2. The molecule has 10 heteroatoms. The Morgan fingerprint density at radius 2 is 2.08 bits per heavy atom. The zero-order valence-corrected chi connectivity index (χ0v) is 21.1. The fraction of sp³-hybridized carbons (Fsp3) is 0.296. The summed E-state index contributed by atoms with van der Waals surface area (Å²) in [5.74, 6) is -0.413. The molecular formula is C27H25ClFN3O5. The van der Waals surface area contributed by atoms with Crippen LogP contribution in [0.2, 0.25) is 5.02 Å². The lowest BCUT2D eigenvalue weighted by Crippen LogP contribution is -2.26. The van der Waals surface area contributed by atoms with Crippen LogP contribution in [0, 0.1) is 12.7 Å². The first kappa shape index (κ1) is 24.8. The van der Waals surface area contributed by atoms with Gasteiger partial charge in [0, 0.05) is 40.2 Å². The van der Waals surface area contributed by atoms with Crippen LogP contribution in [0.5, 0.6) is 11.5 Å². The van der Waals surface area contributed by atoms with Crippen molar-refractivity contribution in [3.05, 3.63) is 64.4 Å². The Kier molecular flexibility index (Phi) is 6.88. The first-order valence-corrected chi connectivity index (χ1v) is 12.3. The van der Waals surface area contributed by atoms with Crippen LogP contribution in [0.4, 0.5) is 10.2 Å². The zero-order valence-electron chi connectivity index (χ0n) is 20.3. The van der Waals surface area contributed by atoms with Crippen LogP contribution in [-0.2, 0) is 6.42 Å². The fourth-order valence-corrected chi connectivity index (χ4v) is 4.58. The van der Waals surface area contributed by atoms with Crippen molar-refractivity contribution in [2.75, 3.05) is 19.0 Å². The number of fused-ring (bicyclic) bond motifs is 1. The lowest BCUT2D eigenvalue weighted by molar-refractivity contribution is 0.0676. The lowest BCUT2D eigenvalue weighted by Gasteiger charge is -2.27. The Labute approximate surface area is 217 Å². The number of carboxylic acids is 1. The second-order valence-corrected chi connectivity index (χ2v) is 9.30. The number of hydrogen-bond acceptors (Lipinski definition) is 7. The van der Waals surface area contributed by atoms with E-state index in [1.807, 2.05) is 13.0 Å². The number of nitrogens with one attached hydrogen (secondary N) is 1. The number of anilines is 1. The molecule has 0 amide bonds. The summed E-state index contributed by atoms with van der Waals surface area (Å²) in [5.41, 5.74) is 1.88. The third-order valence-electron chi connectivity index (χ3n) is 6.53. The molecule has 2 aromatic heterocycles. The molecule has 8 nitrogen and oxygen atoms in total. The summed E-state index contributed by atoms with van der Waals surface area (Å²) < 4.78 is 32.5. The number of rotatable bonds is 9. The summed E-state index contributed by atoms with van der Waals surface area (Å²) in [5, 5.41) is 14.2. The molecule has 0 spiro atoms. The van der Waals surface area contributed by atoms with Gasteiger partial charge in [0.15, 0.2) is 22.9 Å². The Hall–Kier alpha value is -3.85. The number of carbonyl (C=O) groups is 1. The standard InChI is InChI=1S/C27H25ClFN3O5/c1-14-17(20-10-15(28)11-22(35-2)25(20)36-14)8-9-30-23-12-21(31-13-32-23)18-6-7-19(27(33)34)26(24(18)29)37-16-4-3-5-16/h6-7,10-13,16H,3-5,8-9H2,1-2H3,(H,33,34)(H,30,31,32). The molecular weight excluding hydrogens is 501 g/mol. The highest BCUT2D eigenvalue weighted by Gasteiger charge is 2.27. The number of furan rings is 1. The fourth-order valence-electron chi connectivity index (χ4n) is 4.37. The molecule has 5 rings (SSSR count). The largest absolute Gasteiger partial charge is 0.493 e. The lowest BCUT2D eigenvalue weighted by atomic mass is 9.96. The van der Waals surface area contributed by atoms with E-state index in [1.54, 1.807) is 19.2 Å². The number of methoxy groups -OCH3 is 1. The van der Waals surface area contributed by atoms with Crippen molar-refractivity contribution in [2.45, 2.75) is 38.7 Å². The SMILES string of the molecule is COc1cc(Cl)cc2c(CCNc3cc(-c4ccc(C(=O)O)c(OC5CCC5)c4F)ncn3)c(C)oc12. The van der Waals surface area contributed by atoms with E-state index in [0.29, 0.717) is 40.8 Å². The van der Waals surface area contributed by atoms with E-state index in [4.69, 9.17) is 25.5 Å². The van der Waals surface area contributed by atoms with Gasteiger partial charge < -0.3 is 24.3 Å². The van der Waals surface area contributed by atoms with Gasteiger partial charge in [0.2, 0.25) is 0 Å². The zero-order chi connectivity index (χ0) is 26.1. The predicted molar refractivity (Wildman–Crippen MR) is 137 cm³/mol. The third-order valence-corrected chi connectivity index (χ3v) is 6.75. The molecule has 0 bridgehead atoms. The topological polar surface area (TPSA) is 107 Å². The van der Waals surface area contributed by atoms with Crippen molar-refractivity contribution in [3.63, 3.8) is 0 Å². The van der Waals surface area contributed by atoms with E-state index >= 15 is 4.39 Å². The highest BCUT2D eigenvalue weighted by molar-refractivity contribution is 6.31. The first-order valence-electron chi connectivity index (χ1n) is 11.9. The summed E-state index contributed by atoms with van der Waals surface area (Å²) in [6.07, 6.45) is 4.29. The van der Waals surface area contributed by atoms with E-state index in [2.05, 4.69) is 15.3 Å². The molecule has 2 heterocycles. The van der Waals surface area contributed by atoms with Crippen LogP contribution >= 0.6 is 11.6 Å². The van der Waals surface area contributed by atoms with Crippen LogP contribution in [0.25, 0.3) is 22.2 Å². The van der Waals surface area contributed by atoms with Gasteiger partial charge in [0.1, 0.15) is 23.5 Å². The summed E-state index contributed by atoms with van der Waals surface area (Å²) in [4.78, 5) is 20.1. The van der Waals surface area contributed by atoms with Crippen LogP contribution in [0.15, 0.2) is 41.1 Å². The molecule has 0 aliphatic heterocycles. The molecule has 4 aromatic rings.